The molecule has 2 heteroatoms. The summed E-state index contributed by atoms with van der Waals surface area (Å²) >= 11 is 0. The van der Waals surface area contributed by atoms with Crippen molar-refractivity contribution in [3.63, 3.8) is 0 Å². The second-order valence-corrected chi connectivity index (χ2v) is 6.43. The van der Waals surface area contributed by atoms with Crippen molar-refractivity contribution in [3.8, 4) is 5.75 Å². The van der Waals surface area contributed by atoms with E-state index in [1.807, 2.05) is 12.1 Å². The number of aryl methyl sites for hydroxylation is 1. The van der Waals surface area contributed by atoms with E-state index in [0.29, 0.717) is 0 Å². The van der Waals surface area contributed by atoms with Gasteiger partial charge in [0.05, 0.1) is 12.7 Å². The molecule has 0 heterocycles. The largest absolute Gasteiger partial charge is 0.497 e. The van der Waals surface area contributed by atoms with Crippen LogP contribution in [0.2, 0.25) is 0 Å². The average molecular weight is 290 g/mol. The number of unbranched alkanes of at least 4 members (excludes halogenated alkanes) is 6. The minimum absolute atomic E-state index is 0.618. The lowest BCUT2D eigenvalue weighted by molar-refractivity contribution is 0.0266. The molecule has 1 aromatic carbocycles. The molecular formula is C19H30O2. The van der Waals surface area contributed by atoms with E-state index >= 15 is 0 Å². The lowest BCUT2D eigenvalue weighted by Gasteiger charge is -2.24. The van der Waals surface area contributed by atoms with E-state index < -0.39 is 5.60 Å². The summed E-state index contributed by atoms with van der Waals surface area (Å²) in [5, 5.41) is 10.9. The molecule has 0 amide bonds. The van der Waals surface area contributed by atoms with Crippen LogP contribution < -0.4 is 4.74 Å². The molecular weight excluding hydrogens is 260 g/mol. The van der Waals surface area contributed by atoms with Crippen LogP contribution >= 0.6 is 0 Å². The van der Waals surface area contributed by atoms with Crippen molar-refractivity contribution in [3.05, 3.63) is 29.3 Å². The van der Waals surface area contributed by atoms with Crippen LogP contribution in [0.4, 0.5) is 0 Å². The predicted molar refractivity (Wildman–Crippen MR) is 87.8 cm³/mol. The Morgan fingerprint density at radius 3 is 2.52 bits per heavy atom. The van der Waals surface area contributed by atoms with Gasteiger partial charge in [0, 0.05) is 0 Å². The zero-order valence-corrected chi connectivity index (χ0v) is 13.7. The van der Waals surface area contributed by atoms with Crippen LogP contribution in [-0.4, -0.2) is 12.2 Å². The molecule has 2 nitrogen and oxygen atoms in total. The Labute approximate surface area is 129 Å². The first-order valence-corrected chi connectivity index (χ1v) is 8.59. The van der Waals surface area contributed by atoms with Crippen LogP contribution in [0.15, 0.2) is 18.2 Å². The van der Waals surface area contributed by atoms with Crippen LogP contribution in [0.5, 0.6) is 5.75 Å². The summed E-state index contributed by atoms with van der Waals surface area (Å²) in [5.74, 6) is 0.855. The minimum Gasteiger partial charge on any atom is -0.497 e. The van der Waals surface area contributed by atoms with E-state index in [2.05, 4.69) is 13.0 Å². The molecule has 0 aromatic heterocycles. The first kappa shape index (κ1) is 16.4. The number of fused-ring (bicyclic) bond motifs is 1. The molecule has 118 valence electrons. The van der Waals surface area contributed by atoms with E-state index in [9.17, 15) is 5.11 Å². The van der Waals surface area contributed by atoms with Gasteiger partial charge in [-0.2, -0.15) is 0 Å². The summed E-state index contributed by atoms with van der Waals surface area (Å²) in [7, 11) is 1.69. The number of benzene rings is 1. The molecule has 0 aliphatic heterocycles. The van der Waals surface area contributed by atoms with Crippen LogP contribution in [0.1, 0.15) is 75.8 Å². The molecule has 0 bridgehead atoms. The van der Waals surface area contributed by atoms with Crippen molar-refractivity contribution >= 4 is 0 Å². The third kappa shape index (κ3) is 4.23. The second-order valence-electron chi connectivity index (χ2n) is 6.43. The van der Waals surface area contributed by atoms with Gasteiger partial charge in [-0.25, -0.2) is 0 Å². The van der Waals surface area contributed by atoms with Crippen molar-refractivity contribution in [2.45, 2.75) is 76.7 Å². The SMILES string of the molecule is CCCCCCCCCC1(O)CCc2ccc(OC)cc21. The van der Waals surface area contributed by atoms with Gasteiger partial charge in [-0.15, -0.1) is 0 Å². The highest BCUT2D eigenvalue weighted by molar-refractivity contribution is 5.42. The highest BCUT2D eigenvalue weighted by atomic mass is 16.5. The zero-order valence-electron chi connectivity index (χ0n) is 13.7. The number of aliphatic hydroxyl groups is 1. The Bertz CT molecular complexity index is 441. The Hall–Kier alpha value is -1.02. The lowest BCUT2D eigenvalue weighted by atomic mass is 9.89. The number of hydrogen-bond acceptors (Lipinski definition) is 2. The van der Waals surface area contributed by atoms with Gasteiger partial charge in [-0.1, -0.05) is 57.9 Å². The number of ether oxygens (including phenoxy) is 1. The van der Waals surface area contributed by atoms with E-state index in [4.69, 9.17) is 4.74 Å². The van der Waals surface area contributed by atoms with Gasteiger partial charge < -0.3 is 9.84 Å². The molecule has 1 aliphatic carbocycles. The third-order valence-corrected chi connectivity index (χ3v) is 4.82. The summed E-state index contributed by atoms with van der Waals surface area (Å²) < 4.78 is 5.30. The summed E-state index contributed by atoms with van der Waals surface area (Å²) in [6.45, 7) is 2.25. The molecule has 21 heavy (non-hydrogen) atoms. The monoisotopic (exact) mass is 290 g/mol. The molecule has 1 atom stereocenters. The number of rotatable bonds is 9. The fourth-order valence-corrected chi connectivity index (χ4v) is 3.44. The normalized spacial score (nSPS) is 20.5. The Balaban J connectivity index is 1.82. The van der Waals surface area contributed by atoms with Crippen LogP contribution in [-0.2, 0) is 12.0 Å². The van der Waals surface area contributed by atoms with Crippen molar-refractivity contribution in [2.75, 3.05) is 7.11 Å². The average Bonchev–Trinajstić information content (AvgIpc) is 2.83. The van der Waals surface area contributed by atoms with Gasteiger partial charge in [-0.3, -0.25) is 0 Å². The molecule has 1 unspecified atom stereocenters. The Morgan fingerprint density at radius 2 is 1.81 bits per heavy atom. The van der Waals surface area contributed by atoms with Crippen molar-refractivity contribution < 1.29 is 9.84 Å². The fraction of sp³-hybridized carbons (Fsp3) is 0.684. The fourth-order valence-electron chi connectivity index (χ4n) is 3.44. The van der Waals surface area contributed by atoms with Gasteiger partial charge >= 0.3 is 0 Å². The molecule has 1 aromatic rings. The minimum atomic E-state index is -0.618. The maximum Gasteiger partial charge on any atom is 0.119 e. The van der Waals surface area contributed by atoms with E-state index in [-0.39, 0.29) is 0 Å². The smallest absolute Gasteiger partial charge is 0.119 e. The topological polar surface area (TPSA) is 29.5 Å². The van der Waals surface area contributed by atoms with E-state index in [1.54, 1.807) is 7.11 Å². The quantitative estimate of drug-likeness (QED) is 0.651. The summed E-state index contributed by atoms with van der Waals surface area (Å²) in [5.41, 5.74) is 1.78. The standard InChI is InChI=1S/C19H30O2/c1-3-4-5-6-7-8-9-13-19(20)14-12-16-10-11-17(21-2)15-18(16)19/h10-11,15,20H,3-9,12-14H2,1-2H3. The maximum absolute atomic E-state index is 10.9. The van der Waals surface area contributed by atoms with Crippen LogP contribution in [0.3, 0.4) is 0 Å². The van der Waals surface area contributed by atoms with Gasteiger partial charge in [0.25, 0.3) is 0 Å². The third-order valence-electron chi connectivity index (χ3n) is 4.82. The number of methoxy groups -OCH3 is 1. The van der Waals surface area contributed by atoms with E-state index in [0.717, 1.165) is 37.0 Å². The molecule has 0 saturated heterocycles. The highest BCUT2D eigenvalue weighted by Crippen LogP contribution is 2.42. The molecule has 0 fully saturated rings. The van der Waals surface area contributed by atoms with Gasteiger partial charge in [0.15, 0.2) is 0 Å². The molecule has 0 saturated carbocycles. The molecule has 2 rings (SSSR count). The van der Waals surface area contributed by atoms with Crippen molar-refractivity contribution in [2.24, 2.45) is 0 Å². The second kappa shape index (κ2) is 7.84. The molecule has 1 N–H and O–H groups in total. The van der Waals surface area contributed by atoms with E-state index in [1.165, 1.54) is 44.1 Å². The first-order valence-electron chi connectivity index (χ1n) is 8.59. The Kier molecular flexibility index (Phi) is 6.10. The maximum atomic E-state index is 10.9. The van der Waals surface area contributed by atoms with Crippen molar-refractivity contribution in [1.29, 1.82) is 0 Å². The summed E-state index contributed by atoms with van der Waals surface area (Å²) in [6.07, 6.45) is 11.8. The van der Waals surface area contributed by atoms with Gasteiger partial charge in [0.1, 0.15) is 5.75 Å². The molecule has 1 aliphatic rings. The van der Waals surface area contributed by atoms with Crippen molar-refractivity contribution in [1.82, 2.24) is 0 Å². The molecule has 0 radical (unpaired) electrons. The summed E-state index contributed by atoms with van der Waals surface area (Å²) in [6, 6.07) is 6.14. The first-order chi connectivity index (χ1) is 10.2. The van der Waals surface area contributed by atoms with Crippen LogP contribution in [0, 0.1) is 0 Å². The lowest BCUT2D eigenvalue weighted by Crippen LogP contribution is -2.22. The zero-order chi connectivity index (χ0) is 15.1. The molecule has 0 spiro atoms. The summed E-state index contributed by atoms with van der Waals surface area (Å²) in [4.78, 5) is 0. The highest BCUT2D eigenvalue weighted by Gasteiger charge is 2.36. The van der Waals surface area contributed by atoms with Gasteiger partial charge in [-0.05, 0) is 42.5 Å². The Morgan fingerprint density at radius 1 is 1.10 bits per heavy atom. The van der Waals surface area contributed by atoms with Gasteiger partial charge in [0.2, 0.25) is 0 Å². The number of hydrogen-bond donors (Lipinski definition) is 1. The predicted octanol–water partition coefficient (Wildman–Crippen LogP) is 4.97. The van der Waals surface area contributed by atoms with Crippen LogP contribution in [0.25, 0.3) is 0 Å².